The molecule has 1 aliphatic carbocycles. The number of carbonyl (C=O) groups is 1. The molecule has 1 saturated carbocycles. The van der Waals surface area contributed by atoms with Crippen molar-refractivity contribution in [3.63, 3.8) is 0 Å². The zero-order valence-electron chi connectivity index (χ0n) is 15.2. The second-order valence-corrected chi connectivity index (χ2v) is 9.15. The van der Waals surface area contributed by atoms with Gasteiger partial charge in [-0.3, -0.25) is 4.79 Å². The summed E-state index contributed by atoms with van der Waals surface area (Å²) in [6.07, 6.45) is 6.66. The average molecular weight is 383 g/mol. The van der Waals surface area contributed by atoms with Gasteiger partial charge < -0.3 is 4.90 Å². The van der Waals surface area contributed by atoms with E-state index in [1.807, 2.05) is 4.90 Å². The van der Waals surface area contributed by atoms with Gasteiger partial charge in [-0.1, -0.05) is 19.3 Å². The van der Waals surface area contributed by atoms with Gasteiger partial charge in [-0.15, -0.1) is 0 Å². The molecule has 7 heteroatoms. The Hall–Kier alpha value is -1.47. The van der Waals surface area contributed by atoms with Crippen LogP contribution in [0.3, 0.4) is 0 Å². The van der Waals surface area contributed by atoms with Crippen LogP contribution in [0.15, 0.2) is 23.1 Å². The third kappa shape index (κ3) is 4.43. The van der Waals surface area contributed by atoms with Gasteiger partial charge in [0.05, 0.1) is 4.90 Å². The number of hydrogen-bond donors (Lipinski definition) is 1. The Kier molecular flexibility index (Phi) is 5.97. The molecule has 26 heavy (non-hydrogen) atoms. The van der Waals surface area contributed by atoms with Crippen LogP contribution in [0, 0.1) is 18.7 Å². The number of likely N-dealkylation sites (tertiary alicyclic amines) is 1. The summed E-state index contributed by atoms with van der Waals surface area (Å²) in [5.74, 6) is -0.0600. The van der Waals surface area contributed by atoms with Gasteiger partial charge in [-0.25, -0.2) is 17.5 Å². The van der Waals surface area contributed by atoms with E-state index in [1.165, 1.54) is 18.6 Å². The molecule has 1 amide bonds. The number of carbonyl (C=O) groups excluding carboxylic acids is 1. The topological polar surface area (TPSA) is 66.5 Å². The van der Waals surface area contributed by atoms with Crippen molar-refractivity contribution in [1.82, 2.24) is 9.62 Å². The molecule has 0 aromatic heterocycles. The molecule has 5 nitrogen and oxygen atoms in total. The lowest BCUT2D eigenvalue weighted by Gasteiger charge is -2.35. The zero-order chi connectivity index (χ0) is 18.7. The second kappa shape index (κ2) is 8.05. The summed E-state index contributed by atoms with van der Waals surface area (Å²) in [5.41, 5.74) is 0.391. The predicted molar refractivity (Wildman–Crippen MR) is 97.6 cm³/mol. The van der Waals surface area contributed by atoms with Gasteiger partial charge in [0.2, 0.25) is 15.9 Å². The quantitative estimate of drug-likeness (QED) is 0.871. The van der Waals surface area contributed by atoms with Crippen LogP contribution in [0.4, 0.5) is 4.39 Å². The highest BCUT2D eigenvalue weighted by Crippen LogP contribution is 2.27. The van der Waals surface area contributed by atoms with E-state index in [4.69, 9.17) is 0 Å². The summed E-state index contributed by atoms with van der Waals surface area (Å²) in [5, 5.41) is 0. The lowest BCUT2D eigenvalue weighted by atomic mass is 9.87. The van der Waals surface area contributed by atoms with Gasteiger partial charge in [0.15, 0.2) is 0 Å². The molecule has 3 rings (SSSR count). The molecule has 0 atom stereocenters. The normalized spacial score (nSPS) is 20.3. The first-order chi connectivity index (χ1) is 12.4. The van der Waals surface area contributed by atoms with Crippen molar-refractivity contribution in [2.45, 2.75) is 62.8 Å². The van der Waals surface area contributed by atoms with Crippen molar-refractivity contribution in [1.29, 1.82) is 0 Å². The van der Waals surface area contributed by atoms with Gasteiger partial charge in [-0.2, -0.15) is 0 Å². The number of sulfonamides is 1. The van der Waals surface area contributed by atoms with Crippen molar-refractivity contribution in [2.75, 3.05) is 13.1 Å². The Morgan fingerprint density at radius 2 is 1.77 bits per heavy atom. The van der Waals surface area contributed by atoms with Crippen LogP contribution >= 0.6 is 0 Å². The summed E-state index contributed by atoms with van der Waals surface area (Å²) in [6.45, 7) is 2.76. The molecule has 2 aliphatic rings. The molecule has 0 radical (unpaired) electrons. The molecule has 0 spiro atoms. The first-order valence-electron chi connectivity index (χ1n) is 9.44. The third-order valence-corrected chi connectivity index (χ3v) is 7.19. The number of nitrogens with zero attached hydrogens (tertiary/aromatic N) is 1. The van der Waals surface area contributed by atoms with E-state index in [1.54, 1.807) is 6.92 Å². The number of nitrogens with one attached hydrogen (secondary N) is 1. The number of benzene rings is 1. The Balaban J connectivity index is 1.57. The minimum Gasteiger partial charge on any atom is -0.342 e. The zero-order valence-corrected chi connectivity index (χ0v) is 16.0. The molecule has 1 aliphatic heterocycles. The number of rotatable bonds is 4. The molecule has 1 aromatic rings. The number of hydrogen-bond acceptors (Lipinski definition) is 3. The minimum absolute atomic E-state index is 0.111. The van der Waals surface area contributed by atoms with E-state index in [2.05, 4.69) is 4.72 Å². The van der Waals surface area contributed by atoms with Crippen LogP contribution < -0.4 is 4.72 Å². The fourth-order valence-electron chi connectivity index (χ4n) is 4.02. The maximum absolute atomic E-state index is 13.2. The summed E-state index contributed by atoms with van der Waals surface area (Å²) in [7, 11) is -3.69. The van der Waals surface area contributed by atoms with Crippen LogP contribution in [0.5, 0.6) is 0 Å². The molecule has 1 aromatic carbocycles. The molecule has 144 valence electrons. The van der Waals surface area contributed by atoms with E-state index in [-0.39, 0.29) is 22.8 Å². The van der Waals surface area contributed by atoms with Crippen molar-refractivity contribution in [2.24, 2.45) is 5.92 Å². The molecule has 2 fully saturated rings. The maximum Gasteiger partial charge on any atom is 0.241 e. The molecular weight excluding hydrogens is 355 g/mol. The molecule has 1 heterocycles. The highest BCUT2D eigenvalue weighted by atomic mass is 32.2. The van der Waals surface area contributed by atoms with E-state index < -0.39 is 15.8 Å². The smallest absolute Gasteiger partial charge is 0.241 e. The van der Waals surface area contributed by atoms with Crippen LogP contribution in [0.25, 0.3) is 0 Å². The Labute approximate surface area is 155 Å². The highest BCUT2D eigenvalue weighted by molar-refractivity contribution is 7.89. The maximum atomic E-state index is 13.2. The van der Waals surface area contributed by atoms with Crippen molar-refractivity contribution in [3.05, 3.63) is 29.6 Å². The summed E-state index contributed by atoms with van der Waals surface area (Å²) < 4.78 is 41.1. The van der Waals surface area contributed by atoms with E-state index >= 15 is 0 Å². The van der Waals surface area contributed by atoms with E-state index in [0.717, 1.165) is 31.7 Å². The fraction of sp³-hybridized carbons (Fsp3) is 0.632. The fourth-order valence-corrected chi connectivity index (χ4v) is 5.55. The standard InChI is InChI=1S/C19H27FN2O3S/c1-14-13-16(20)7-8-18(14)26(24,25)21-17-9-11-22(12-10-17)19(23)15-5-3-2-4-6-15/h7-8,13,15,17,21H,2-6,9-12H2,1H3. The number of halogens is 1. The first kappa shape index (κ1) is 19.3. The first-order valence-corrected chi connectivity index (χ1v) is 10.9. The monoisotopic (exact) mass is 382 g/mol. The Bertz CT molecular complexity index is 752. The van der Waals surface area contributed by atoms with E-state index in [9.17, 15) is 17.6 Å². The largest absolute Gasteiger partial charge is 0.342 e. The third-order valence-electron chi connectivity index (χ3n) is 5.51. The van der Waals surface area contributed by atoms with Crippen LogP contribution in [0.2, 0.25) is 0 Å². The van der Waals surface area contributed by atoms with Gasteiger partial charge in [0.1, 0.15) is 5.82 Å². The molecular formula is C19H27FN2O3S. The lowest BCUT2D eigenvalue weighted by molar-refractivity contribution is -0.137. The Morgan fingerprint density at radius 1 is 1.12 bits per heavy atom. The van der Waals surface area contributed by atoms with Crippen LogP contribution in [-0.2, 0) is 14.8 Å². The summed E-state index contributed by atoms with van der Waals surface area (Å²) in [4.78, 5) is 14.6. The molecule has 0 bridgehead atoms. The SMILES string of the molecule is Cc1cc(F)ccc1S(=O)(=O)NC1CCN(C(=O)C2CCCCC2)CC1. The predicted octanol–water partition coefficient (Wildman–Crippen LogP) is 2.98. The second-order valence-electron chi connectivity index (χ2n) is 7.47. The van der Waals surface area contributed by atoms with Crippen molar-refractivity contribution < 1.29 is 17.6 Å². The number of aryl methyl sites for hydroxylation is 1. The lowest BCUT2D eigenvalue weighted by Crippen LogP contribution is -2.48. The number of amides is 1. The summed E-state index contributed by atoms with van der Waals surface area (Å²) >= 11 is 0. The molecule has 1 N–H and O–H groups in total. The van der Waals surface area contributed by atoms with Crippen molar-refractivity contribution in [3.8, 4) is 0 Å². The van der Waals surface area contributed by atoms with E-state index in [0.29, 0.717) is 31.5 Å². The van der Waals surface area contributed by atoms with Gasteiger partial charge in [0.25, 0.3) is 0 Å². The highest BCUT2D eigenvalue weighted by Gasteiger charge is 2.31. The van der Waals surface area contributed by atoms with Crippen molar-refractivity contribution >= 4 is 15.9 Å². The number of piperidine rings is 1. The summed E-state index contributed by atoms with van der Waals surface area (Å²) in [6, 6.07) is 3.49. The molecule has 1 saturated heterocycles. The van der Waals surface area contributed by atoms with Gasteiger partial charge in [-0.05, 0) is 56.4 Å². The van der Waals surface area contributed by atoms with Gasteiger partial charge in [0, 0.05) is 25.0 Å². The van der Waals surface area contributed by atoms with Gasteiger partial charge >= 0.3 is 0 Å². The van der Waals surface area contributed by atoms with Crippen LogP contribution in [-0.4, -0.2) is 38.4 Å². The average Bonchev–Trinajstić information content (AvgIpc) is 2.62. The minimum atomic E-state index is -3.69. The Morgan fingerprint density at radius 3 is 2.38 bits per heavy atom. The van der Waals surface area contributed by atoms with Crippen LogP contribution in [0.1, 0.15) is 50.5 Å². The molecule has 0 unspecified atom stereocenters.